The van der Waals surface area contributed by atoms with Gasteiger partial charge in [-0.25, -0.2) is 0 Å². The molecule has 0 aromatic rings. The van der Waals surface area contributed by atoms with Crippen LogP contribution in [0.25, 0.3) is 0 Å². The summed E-state index contributed by atoms with van der Waals surface area (Å²) in [4.78, 5) is 0. The summed E-state index contributed by atoms with van der Waals surface area (Å²) < 4.78 is 0. The highest BCUT2D eigenvalue weighted by molar-refractivity contribution is 5.11. The summed E-state index contributed by atoms with van der Waals surface area (Å²) in [5.74, 6) is 0. The van der Waals surface area contributed by atoms with Gasteiger partial charge in [-0.3, -0.25) is 0 Å². The third-order valence-corrected chi connectivity index (χ3v) is 2.26. The SMILES string of the molecule is [C]1=C/C=C\CCCCCC/C=C\C=C/1. The third kappa shape index (κ3) is 6.47. The molecule has 0 aromatic heterocycles. The van der Waals surface area contributed by atoms with Gasteiger partial charge in [0.2, 0.25) is 0 Å². The number of hydrogen-bond acceptors (Lipinski definition) is 0. The smallest absolute Gasteiger partial charge is 0.0184 e. The Morgan fingerprint density at radius 3 is 2.21 bits per heavy atom. The first-order valence-corrected chi connectivity index (χ1v) is 5.56. The Hall–Kier alpha value is -1.04. The normalized spacial score (nSPS) is 28.6. The Labute approximate surface area is 87.7 Å². The van der Waals surface area contributed by atoms with Crippen molar-refractivity contribution in [1.29, 1.82) is 0 Å². The Balaban J connectivity index is 2.36. The van der Waals surface area contributed by atoms with Gasteiger partial charge in [0.15, 0.2) is 0 Å². The van der Waals surface area contributed by atoms with Gasteiger partial charge in [0, 0.05) is 0 Å². The third-order valence-electron chi connectivity index (χ3n) is 2.26. The summed E-state index contributed by atoms with van der Waals surface area (Å²) in [5.41, 5.74) is 0. The minimum atomic E-state index is 1.21. The van der Waals surface area contributed by atoms with E-state index in [9.17, 15) is 0 Å². The van der Waals surface area contributed by atoms with Crippen molar-refractivity contribution in [3.05, 3.63) is 48.6 Å². The summed E-state index contributed by atoms with van der Waals surface area (Å²) in [7, 11) is 0. The molecule has 1 aliphatic rings. The largest absolute Gasteiger partial charge is 0.0845 e. The highest BCUT2D eigenvalue weighted by atomic mass is 13.9. The van der Waals surface area contributed by atoms with Crippen LogP contribution in [0.5, 0.6) is 0 Å². The Bertz CT molecular complexity index is 202. The maximum atomic E-state index is 3.10. The fourth-order valence-electron chi connectivity index (χ4n) is 1.44. The molecule has 0 spiro atoms. The monoisotopic (exact) mass is 187 g/mol. The minimum absolute atomic E-state index is 1.21. The summed E-state index contributed by atoms with van der Waals surface area (Å²) in [6, 6.07) is 0. The van der Waals surface area contributed by atoms with Crippen molar-refractivity contribution in [3.8, 4) is 0 Å². The van der Waals surface area contributed by atoms with Crippen LogP contribution in [0.1, 0.15) is 38.5 Å². The summed E-state index contributed by atoms with van der Waals surface area (Å²) in [6.45, 7) is 0. The zero-order valence-corrected chi connectivity index (χ0v) is 8.78. The van der Waals surface area contributed by atoms with Gasteiger partial charge < -0.3 is 0 Å². The molecule has 0 aromatic carbocycles. The summed E-state index contributed by atoms with van der Waals surface area (Å²) >= 11 is 0. The second-order valence-electron chi connectivity index (χ2n) is 3.54. The van der Waals surface area contributed by atoms with Crippen LogP contribution in [0.15, 0.2) is 42.5 Å². The van der Waals surface area contributed by atoms with E-state index in [0.29, 0.717) is 0 Å². The first-order chi connectivity index (χ1) is 7.00. The van der Waals surface area contributed by atoms with Gasteiger partial charge in [-0.2, -0.15) is 0 Å². The standard InChI is InChI=1S/C14H19/c1-2-4-6-8-10-12-14-13-11-9-7-5-3-1/h1-4,8,10,12H,5,7,9,11,13-14H2/b3-1-,4-2-,8-6?,12-10-. The van der Waals surface area contributed by atoms with Crippen LogP contribution < -0.4 is 0 Å². The lowest BCUT2D eigenvalue weighted by Crippen LogP contribution is -1.76. The van der Waals surface area contributed by atoms with Crippen LogP contribution in [-0.4, -0.2) is 0 Å². The molecule has 75 valence electrons. The average Bonchev–Trinajstić information content (AvgIpc) is 2.22. The van der Waals surface area contributed by atoms with Gasteiger partial charge in [0.05, 0.1) is 0 Å². The first kappa shape index (κ1) is 11.0. The highest BCUT2D eigenvalue weighted by Crippen LogP contribution is 2.06. The molecule has 0 saturated heterocycles. The predicted molar refractivity (Wildman–Crippen MR) is 62.9 cm³/mol. The lowest BCUT2D eigenvalue weighted by Gasteiger charge is -1.96. The highest BCUT2D eigenvalue weighted by Gasteiger charge is 1.87. The van der Waals surface area contributed by atoms with E-state index >= 15 is 0 Å². The second kappa shape index (κ2) is 8.55. The molecule has 14 heavy (non-hydrogen) atoms. The van der Waals surface area contributed by atoms with Crippen molar-refractivity contribution in [2.75, 3.05) is 0 Å². The van der Waals surface area contributed by atoms with Gasteiger partial charge in [-0.1, -0.05) is 55.4 Å². The van der Waals surface area contributed by atoms with E-state index in [1.165, 1.54) is 38.5 Å². The van der Waals surface area contributed by atoms with Crippen LogP contribution in [0.2, 0.25) is 0 Å². The lowest BCUT2D eigenvalue weighted by molar-refractivity contribution is 0.652. The fraction of sp³-hybridized carbons (Fsp3) is 0.429. The molecule has 0 amide bonds. The molecule has 1 aliphatic carbocycles. The van der Waals surface area contributed by atoms with Crippen LogP contribution >= 0.6 is 0 Å². The van der Waals surface area contributed by atoms with Gasteiger partial charge in [-0.15, -0.1) is 0 Å². The molecule has 0 nitrogen and oxygen atoms in total. The summed E-state index contributed by atoms with van der Waals surface area (Å²) in [6.07, 6.45) is 25.5. The molecule has 0 N–H and O–H groups in total. The molecule has 0 saturated carbocycles. The number of allylic oxidation sites excluding steroid dienone is 8. The van der Waals surface area contributed by atoms with Crippen molar-refractivity contribution in [2.24, 2.45) is 0 Å². The number of rotatable bonds is 0. The van der Waals surface area contributed by atoms with Gasteiger partial charge in [-0.05, 0) is 31.8 Å². The molecule has 1 radical (unpaired) electrons. The first-order valence-electron chi connectivity index (χ1n) is 5.56. The topological polar surface area (TPSA) is 0 Å². The van der Waals surface area contributed by atoms with E-state index in [4.69, 9.17) is 0 Å². The molecule has 0 heteroatoms. The van der Waals surface area contributed by atoms with Gasteiger partial charge in [0.25, 0.3) is 0 Å². The zero-order chi connectivity index (χ0) is 9.90. The molecular weight excluding hydrogens is 168 g/mol. The van der Waals surface area contributed by atoms with Crippen LogP contribution in [0.4, 0.5) is 0 Å². The maximum Gasteiger partial charge on any atom is -0.0184 e. The van der Waals surface area contributed by atoms with E-state index < -0.39 is 0 Å². The van der Waals surface area contributed by atoms with Crippen LogP contribution in [0.3, 0.4) is 0 Å². The van der Waals surface area contributed by atoms with Crippen molar-refractivity contribution < 1.29 is 0 Å². The molecule has 0 aliphatic heterocycles. The van der Waals surface area contributed by atoms with Crippen molar-refractivity contribution >= 4 is 0 Å². The van der Waals surface area contributed by atoms with E-state index in [2.05, 4.69) is 30.4 Å². The van der Waals surface area contributed by atoms with Crippen LogP contribution in [0, 0.1) is 6.08 Å². The maximum absolute atomic E-state index is 3.10. The Morgan fingerprint density at radius 1 is 0.714 bits per heavy atom. The number of hydrogen-bond donors (Lipinski definition) is 0. The van der Waals surface area contributed by atoms with E-state index in [1.54, 1.807) is 0 Å². The van der Waals surface area contributed by atoms with Gasteiger partial charge >= 0.3 is 0 Å². The second-order valence-corrected chi connectivity index (χ2v) is 3.54. The molecule has 0 bridgehead atoms. The predicted octanol–water partition coefficient (Wildman–Crippen LogP) is 4.37. The van der Waals surface area contributed by atoms with E-state index in [1.807, 2.05) is 18.2 Å². The average molecular weight is 187 g/mol. The van der Waals surface area contributed by atoms with Gasteiger partial charge in [0.1, 0.15) is 0 Å². The zero-order valence-electron chi connectivity index (χ0n) is 8.78. The molecule has 0 fully saturated rings. The molecular formula is C14H19. The summed E-state index contributed by atoms with van der Waals surface area (Å²) in [5, 5.41) is 0. The molecule has 0 unspecified atom stereocenters. The quantitative estimate of drug-likeness (QED) is 0.528. The van der Waals surface area contributed by atoms with E-state index in [0.717, 1.165) is 0 Å². The molecule has 0 atom stereocenters. The van der Waals surface area contributed by atoms with Crippen LogP contribution in [-0.2, 0) is 0 Å². The van der Waals surface area contributed by atoms with Crippen molar-refractivity contribution in [3.63, 3.8) is 0 Å². The minimum Gasteiger partial charge on any atom is -0.0845 e. The lowest BCUT2D eigenvalue weighted by atomic mass is 10.1. The van der Waals surface area contributed by atoms with E-state index in [-0.39, 0.29) is 0 Å². The molecule has 0 heterocycles. The molecule has 1 rings (SSSR count). The Morgan fingerprint density at radius 2 is 1.43 bits per heavy atom. The Kier molecular flexibility index (Phi) is 6.74. The van der Waals surface area contributed by atoms with Crippen molar-refractivity contribution in [2.45, 2.75) is 38.5 Å². The van der Waals surface area contributed by atoms with Crippen molar-refractivity contribution in [1.82, 2.24) is 0 Å². The fourth-order valence-corrected chi connectivity index (χ4v) is 1.44.